The predicted octanol–water partition coefficient (Wildman–Crippen LogP) is 1.27. The second kappa shape index (κ2) is 6.54. The number of methoxy groups -OCH3 is 1. The fourth-order valence-corrected chi connectivity index (χ4v) is 1.65. The molecule has 0 bridgehead atoms. The van der Waals surface area contributed by atoms with E-state index in [-0.39, 0.29) is 5.78 Å². The molecule has 6 heteroatoms. The molecule has 0 amide bonds. The molecule has 1 atom stereocenters. The molecular formula is C11H16ClN3O2. The molecule has 0 aliphatic carbocycles. The predicted molar refractivity (Wildman–Crippen MR) is 66.2 cm³/mol. The monoisotopic (exact) mass is 257 g/mol. The Morgan fingerprint density at radius 1 is 1.82 bits per heavy atom. The molecule has 0 spiro atoms. The van der Waals surface area contributed by atoms with Gasteiger partial charge in [-0.2, -0.15) is 5.10 Å². The third-order valence-corrected chi connectivity index (χ3v) is 2.57. The molecule has 0 saturated heterocycles. The van der Waals surface area contributed by atoms with Crippen molar-refractivity contribution in [3.8, 4) is 0 Å². The first-order valence-corrected chi connectivity index (χ1v) is 5.60. The van der Waals surface area contributed by atoms with Gasteiger partial charge in [0.25, 0.3) is 0 Å². The highest BCUT2D eigenvalue weighted by molar-refractivity contribution is 6.33. The summed E-state index contributed by atoms with van der Waals surface area (Å²) in [6, 6.07) is -0.636. The maximum Gasteiger partial charge on any atom is 0.199 e. The summed E-state index contributed by atoms with van der Waals surface area (Å²) in [7, 11) is 1.58. The van der Waals surface area contributed by atoms with Crippen molar-refractivity contribution in [2.24, 2.45) is 5.73 Å². The van der Waals surface area contributed by atoms with Crippen molar-refractivity contribution < 1.29 is 9.53 Å². The molecule has 0 aliphatic heterocycles. The number of halogens is 1. The minimum atomic E-state index is -0.636. The topological polar surface area (TPSA) is 70.1 Å². The maximum absolute atomic E-state index is 12.0. The van der Waals surface area contributed by atoms with E-state index in [2.05, 4.69) is 11.7 Å². The van der Waals surface area contributed by atoms with Crippen LogP contribution in [0.1, 0.15) is 16.9 Å². The van der Waals surface area contributed by atoms with Crippen molar-refractivity contribution in [3.63, 3.8) is 0 Å². The molecule has 1 unspecified atom stereocenters. The average molecular weight is 258 g/mol. The zero-order chi connectivity index (χ0) is 12.8. The van der Waals surface area contributed by atoms with Crippen molar-refractivity contribution in [2.45, 2.75) is 19.0 Å². The Labute approximate surface area is 105 Å². The summed E-state index contributed by atoms with van der Waals surface area (Å²) >= 11 is 5.94. The molecule has 0 fully saturated rings. The van der Waals surface area contributed by atoms with Gasteiger partial charge in [0, 0.05) is 7.11 Å². The lowest BCUT2D eigenvalue weighted by atomic mass is 10.1. The maximum atomic E-state index is 12.0. The van der Waals surface area contributed by atoms with Gasteiger partial charge >= 0.3 is 0 Å². The van der Waals surface area contributed by atoms with E-state index in [4.69, 9.17) is 22.1 Å². The average Bonchev–Trinajstić information content (AvgIpc) is 2.67. The molecule has 0 saturated carbocycles. The van der Waals surface area contributed by atoms with Gasteiger partial charge in [0.1, 0.15) is 5.69 Å². The number of Topliss-reactive ketones (excluding diaryl/α,β-unsaturated/α-hetero) is 1. The van der Waals surface area contributed by atoms with Crippen molar-refractivity contribution in [2.75, 3.05) is 13.7 Å². The van der Waals surface area contributed by atoms with Crippen LogP contribution in [0.15, 0.2) is 18.9 Å². The van der Waals surface area contributed by atoms with Crippen LogP contribution in [0.5, 0.6) is 0 Å². The number of ketones is 1. The van der Waals surface area contributed by atoms with Gasteiger partial charge in [-0.05, 0) is 6.42 Å². The van der Waals surface area contributed by atoms with Crippen LogP contribution < -0.4 is 5.73 Å². The van der Waals surface area contributed by atoms with Crippen LogP contribution in [0.2, 0.25) is 5.02 Å². The quantitative estimate of drug-likeness (QED) is 0.590. The summed E-state index contributed by atoms with van der Waals surface area (Å²) in [4.78, 5) is 12.0. The van der Waals surface area contributed by atoms with Crippen LogP contribution in [0, 0.1) is 0 Å². The molecule has 1 aromatic rings. The molecule has 1 heterocycles. The smallest absolute Gasteiger partial charge is 0.199 e. The number of nitrogens with two attached hydrogens (primary N) is 1. The lowest BCUT2D eigenvalue weighted by molar-refractivity contribution is 0.0948. The van der Waals surface area contributed by atoms with Crippen molar-refractivity contribution in [1.29, 1.82) is 0 Å². The lowest BCUT2D eigenvalue weighted by Gasteiger charge is -2.10. The number of hydrogen-bond acceptors (Lipinski definition) is 4. The molecule has 0 aromatic carbocycles. The van der Waals surface area contributed by atoms with Gasteiger partial charge in [-0.3, -0.25) is 9.48 Å². The van der Waals surface area contributed by atoms with E-state index in [0.717, 1.165) is 0 Å². The van der Waals surface area contributed by atoms with Crippen LogP contribution in [0.3, 0.4) is 0 Å². The zero-order valence-corrected chi connectivity index (χ0v) is 10.5. The first kappa shape index (κ1) is 13.9. The molecule has 0 radical (unpaired) electrons. The number of carbonyl (C=O) groups excluding carboxylic acids is 1. The first-order valence-electron chi connectivity index (χ1n) is 5.22. The summed E-state index contributed by atoms with van der Waals surface area (Å²) < 4.78 is 6.45. The highest BCUT2D eigenvalue weighted by Gasteiger charge is 2.22. The van der Waals surface area contributed by atoms with Crippen LogP contribution in [-0.2, 0) is 11.3 Å². The Hall–Kier alpha value is -1.17. The van der Waals surface area contributed by atoms with Gasteiger partial charge in [-0.15, -0.1) is 6.58 Å². The number of nitrogens with zero attached hydrogens (tertiary/aromatic N) is 2. The largest absolute Gasteiger partial charge is 0.383 e. The van der Waals surface area contributed by atoms with Crippen LogP contribution in [-0.4, -0.2) is 35.3 Å². The molecule has 94 valence electrons. The van der Waals surface area contributed by atoms with E-state index < -0.39 is 6.04 Å². The minimum Gasteiger partial charge on any atom is -0.383 e. The van der Waals surface area contributed by atoms with E-state index >= 15 is 0 Å². The van der Waals surface area contributed by atoms with Gasteiger partial charge in [-0.25, -0.2) is 0 Å². The van der Waals surface area contributed by atoms with E-state index in [1.54, 1.807) is 13.2 Å². The summed E-state index contributed by atoms with van der Waals surface area (Å²) in [6.07, 6.45) is 3.45. The minimum absolute atomic E-state index is 0.233. The van der Waals surface area contributed by atoms with Crippen molar-refractivity contribution in [1.82, 2.24) is 9.78 Å². The molecule has 17 heavy (non-hydrogen) atoms. The van der Waals surface area contributed by atoms with Gasteiger partial charge in [0.15, 0.2) is 5.78 Å². The van der Waals surface area contributed by atoms with Crippen LogP contribution in [0.4, 0.5) is 0 Å². The molecule has 5 nitrogen and oxygen atoms in total. The molecule has 0 aliphatic rings. The number of rotatable bonds is 7. The van der Waals surface area contributed by atoms with E-state index in [9.17, 15) is 4.79 Å². The Bertz CT molecular complexity index is 403. The standard InChI is InChI=1S/C11H16ClN3O2/c1-3-4-9(13)11(16)10-8(12)7-14-15(10)5-6-17-2/h3,7,9H,1,4-6,13H2,2H3. The van der Waals surface area contributed by atoms with E-state index in [1.165, 1.54) is 10.9 Å². The number of ether oxygens (including phenoxy) is 1. The van der Waals surface area contributed by atoms with Crippen molar-refractivity contribution >= 4 is 17.4 Å². The Balaban J connectivity index is 2.90. The second-order valence-electron chi connectivity index (χ2n) is 3.55. The molecular weight excluding hydrogens is 242 g/mol. The van der Waals surface area contributed by atoms with Crippen LogP contribution in [0.25, 0.3) is 0 Å². The fourth-order valence-electron chi connectivity index (χ4n) is 1.42. The van der Waals surface area contributed by atoms with Gasteiger partial charge in [0.05, 0.1) is 30.4 Å². The highest BCUT2D eigenvalue weighted by Crippen LogP contribution is 2.17. The summed E-state index contributed by atoms with van der Waals surface area (Å²) in [6.45, 7) is 4.47. The Morgan fingerprint density at radius 2 is 2.53 bits per heavy atom. The lowest BCUT2D eigenvalue weighted by Crippen LogP contribution is -2.32. The second-order valence-corrected chi connectivity index (χ2v) is 3.96. The van der Waals surface area contributed by atoms with Gasteiger partial charge < -0.3 is 10.5 Å². The SMILES string of the molecule is C=CCC(N)C(=O)c1c(Cl)cnn1CCOC. The first-order chi connectivity index (χ1) is 8.11. The van der Waals surface area contributed by atoms with E-state index in [0.29, 0.717) is 30.3 Å². The molecule has 2 N–H and O–H groups in total. The third-order valence-electron chi connectivity index (χ3n) is 2.29. The van der Waals surface area contributed by atoms with Crippen molar-refractivity contribution in [3.05, 3.63) is 29.6 Å². The summed E-state index contributed by atoms with van der Waals surface area (Å²) in [5.41, 5.74) is 6.07. The van der Waals surface area contributed by atoms with Gasteiger partial charge in [-0.1, -0.05) is 17.7 Å². The zero-order valence-electron chi connectivity index (χ0n) is 9.73. The highest BCUT2D eigenvalue weighted by atomic mass is 35.5. The number of carbonyl (C=O) groups is 1. The van der Waals surface area contributed by atoms with E-state index in [1.807, 2.05) is 0 Å². The van der Waals surface area contributed by atoms with Gasteiger partial charge in [0.2, 0.25) is 0 Å². The molecule has 1 rings (SSSR count). The Kier molecular flexibility index (Phi) is 5.34. The summed E-state index contributed by atoms with van der Waals surface area (Å²) in [5, 5.41) is 4.33. The number of aromatic nitrogens is 2. The third kappa shape index (κ3) is 3.39. The number of hydrogen-bond donors (Lipinski definition) is 1. The normalized spacial score (nSPS) is 12.4. The van der Waals surface area contributed by atoms with Crippen LogP contribution >= 0.6 is 11.6 Å². The molecule has 1 aromatic heterocycles. The fraction of sp³-hybridized carbons (Fsp3) is 0.455. The summed E-state index contributed by atoms with van der Waals surface area (Å²) in [5.74, 6) is -0.233. The Morgan fingerprint density at radius 3 is 3.12 bits per heavy atom.